The summed E-state index contributed by atoms with van der Waals surface area (Å²) in [6.07, 6.45) is 0. The Balaban J connectivity index is 3.83. The minimum absolute atomic E-state index is 0.296. The van der Waals surface area contributed by atoms with E-state index in [0.717, 1.165) is 11.5 Å². The fourth-order valence-electron chi connectivity index (χ4n) is 0.500. The Morgan fingerprint density at radius 1 is 1.30 bits per heavy atom. The van der Waals surface area contributed by atoms with Crippen molar-refractivity contribution in [2.75, 3.05) is 17.1 Å². The van der Waals surface area contributed by atoms with Crippen LogP contribution in [0.15, 0.2) is 0 Å². The van der Waals surface area contributed by atoms with Gasteiger partial charge in [-0.2, -0.15) is 0 Å². The summed E-state index contributed by atoms with van der Waals surface area (Å²) < 4.78 is 11.6. The number of halogens is 1. The quantitative estimate of drug-likeness (QED) is 0.515. The van der Waals surface area contributed by atoms with E-state index < -0.39 is 5.55 Å². The van der Waals surface area contributed by atoms with Crippen molar-refractivity contribution in [2.24, 2.45) is 0 Å². The minimum atomic E-state index is -2.10. The Morgan fingerprint density at radius 2 is 1.70 bits per heavy atom. The lowest BCUT2D eigenvalue weighted by Crippen LogP contribution is -1.75. The van der Waals surface area contributed by atoms with Crippen molar-refractivity contribution in [3.05, 3.63) is 0 Å². The fraction of sp³-hybridized carbons (Fsp3) is 1.00. The van der Waals surface area contributed by atoms with Crippen molar-refractivity contribution in [1.82, 2.24) is 0 Å². The van der Waals surface area contributed by atoms with Crippen molar-refractivity contribution in [2.45, 2.75) is 13.8 Å². The average Bonchev–Trinajstić information content (AvgIpc) is 1.89. The second-order valence-electron chi connectivity index (χ2n) is 1.57. The number of alkyl halides is 1. The summed E-state index contributed by atoms with van der Waals surface area (Å²) in [6, 6.07) is 0. The molecule has 0 spiro atoms. The molecule has 0 N–H and O–H groups in total. The zero-order valence-electron chi connectivity index (χ0n) is 6.17. The maximum atomic E-state index is 11.6. The van der Waals surface area contributed by atoms with Gasteiger partial charge in [0.25, 0.3) is 0 Å². The highest BCUT2D eigenvalue weighted by atomic mass is 35.5. The summed E-state index contributed by atoms with van der Waals surface area (Å²) in [5, 5.41) is 0. The number of rotatable bonds is 5. The van der Waals surface area contributed by atoms with Crippen molar-refractivity contribution in [3.8, 4) is 0 Å². The van der Waals surface area contributed by atoms with Gasteiger partial charge in [-0.25, -0.2) is 0 Å². The predicted octanol–water partition coefficient (Wildman–Crippen LogP) is 3.88. The third kappa shape index (κ3) is 4.17. The van der Waals surface area contributed by atoms with Gasteiger partial charge in [0, 0.05) is 0 Å². The van der Waals surface area contributed by atoms with Crippen LogP contribution < -0.4 is 0 Å². The van der Waals surface area contributed by atoms with Gasteiger partial charge in [-0.15, -0.1) is 11.6 Å². The van der Waals surface area contributed by atoms with Crippen LogP contribution in [0.1, 0.15) is 13.8 Å². The van der Waals surface area contributed by atoms with Gasteiger partial charge < -0.3 is 0 Å². The Bertz CT molecular complexity index is 121. The minimum Gasteiger partial charge on any atom is -0.299 e. The summed E-state index contributed by atoms with van der Waals surface area (Å²) in [5.74, 6) is 1.77. The van der Waals surface area contributed by atoms with Crippen molar-refractivity contribution in [3.63, 3.8) is 0 Å². The summed E-state index contributed by atoms with van der Waals surface area (Å²) >= 11 is 8.54. The Morgan fingerprint density at radius 3 is 1.90 bits per heavy atom. The lowest BCUT2D eigenvalue weighted by molar-refractivity contribution is 0.596. The van der Waals surface area contributed by atoms with E-state index in [0.29, 0.717) is 5.62 Å². The van der Waals surface area contributed by atoms with Crippen molar-refractivity contribution >= 4 is 39.9 Å². The van der Waals surface area contributed by atoms with Crippen LogP contribution in [0.3, 0.4) is 0 Å². The van der Waals surface area contributed by atoms with Gasteiger partial charge in [0.15, 0.2) is 0 Å². The smallest absolute Gasteiger partial charge is 0.205 e. The molecule has 0 saturated carbocycles. The number of hydrogen-bond acceptors (Lipinski definition) is 3. The molecule has 0 aliphatic carbocycles. The lowest BCUT2D eigenvalue weighted by atomic mass is 11.0. The van der Waals surface area contributed by atoms with Crippen LogP contribution in [0.4, 0.5) is 0 Å². The van der Waals surface area contributed by atoms with E-state index in [1.165, 1.54) is 22.8 Å². The maximum Gasteiger partial charge on any atom is 0.205 e. The van der Waals surface area contributed by atoms with Crippen LogP contribution in [0.5, 0.6) is 0 Å². The zero-order valence-corrected chi connectivity index (χ0v) is 9.45. The highest BCUT2D eigenvalue weighted by Crippen LogP contribution is 2.69. The first-order valence-electron chi connectivity index (χ1n) is 3.12. The molecule has 0 radical (unpaired) electrons. The fourth-order valence-corrected chi connectivity index (χ4v) is 8.31. The molecule has 0 atom stereocenters. The molecule has 0 heterocycles. The van der Waals surface area contributed by atoms with E-state index in [1.54, 1.807) is 0 Å². The standard InChI is InChI=1S/C5H12ClOPS2/c1-3-9-8(7,5-6)10-4-2/h3-5H2,1-2H3. The second-order valence-corrected chi connectivity index (χ2v) is 11.2. The summed E-state index contributed by atoms with van der Waals surface area (Å²) in [4.78, 5) is 0. The van der Waals surface area contributed by atoms with Gasteiger partial charge in [-0.1, -0.05) is 36.6 Å². The van der Waals surface area contributed by atoms with Crippen molar-refractivity contribution < 1.29 is 4.57 Å². The van der Waals surface area contributed by atoms with Gasteiger partial charge >= 0.3 is 0 Å². The second kappa shape index (κ2) is 5.82. The summed E-state index contributed by atoms with van der Waals surface area (Å²) in [7, 11) is 0. The van der Waals surface area contributed by atoms with Crippen LogP contribution in [-0.4, -0.2) is 17.1 Å². The molecule has 0 fully saturated rings. The third-order valence-electron chi connectivity index (χ3n) is 0.798. The van der Waals surface area contributed by atoms with E-state index in [9.17, 15) is 4.57 Å². The average molecular weight is 219 g/mol. The molecular weight excluding hydrogens is 207 g/mol. The van der Waals surface area contributed by atoms with E-state index in [-0.39, 0.29) is 0 Å². The van der Waals surface area contributed by atoms with Crippen LogP contribution >= 0.6 is 39.9 Å². The Kier molecular flexibility index (Phi) is 6.53. The summed E-state index contributed by atoms with van der Waals surface area (Å²) in [5.41, 5.74) is -1.81. The normalized spacial score (nSPS) is 11.9. The van der Waals surface area contributed by atoms with Gasteiger partial charge in [0.05, 0.1) is 5.62 Å². The van der Waals surface area contributed by atoms with E-state index in [4.69, 9.17) is 11.6 Å². The van der Waals surface area contributed by atoms with E-state index >= 15 is 0 Å². The molecule has 0 amide bonds. The van der Waals surface area contributed by atoms with E-state index in [2.05, 4.69) is 0 Å². The highest BCUT2D eigenvalue weighted by Gasteiger charge is 2.19. The van der Waals surface area contributed by atoms with Crippen molar-refractivity contribution in [1.29, 1.82) is 0 Å². The lowest BCUT2D eigenvalue weighted by Gasteiger charge is -2.10. The van der Waals surface area contributed by atoms with Gasteiger partial charge in [-0.05, 0) is 11.5 Å². The Labute approximate surface area is 75.5 Å². The van der Waals surface area contributed by atoms with Crippen LogP contribution in [0.25, 0.3) is 0 Å². The molecule has 0 aromatic heterocycles. The van der Waals surface area contributed by atoms with Gasteiger partial charge in [-0.3, -0.25) is 4.57 Å². The molecule has 0 aliphatic rings. The van der Waals surface area contributed by atoms with Crippen LogP contribution in [-0.2, 0) is 4.57 Å². The predicted molar refractivity (Wildman–Crippen MR) is 54.6 cm³/mol. The largest absolute Gasteiger partial charge is 0.299 e. The first-order valence-corrected chi connectivity index (χ1v) is 8.73. The molecule has 5 heteroatoms. The van der Waals surface area contributed by atoms with Crippen LogP contribution in [0.2, 0.25) is 0 Å². The summed E-state index contributed by atoms with van der Waals surface area (Å²) in [6.45, 7) is 4.00. The topological polar surface area (TPSA) is 17.1 Å². The first-order chi connectivity index (χ1) is 4.68. The first kappa shape index (κ1) is 11.2. The molecule has 1 nitrogen and oxygen atoms in total. The molecule has 0 aromatic carbocycles. The Hall–Kier alpha value is 1.22. The van der Waals surface area contributed by atoms with Gasteiger partial charge in [0.2, 0.25) is 5.55 Å². The molecule has 0 saturated heterocycles. The zero-order chi connectivity index (χ0) is 8.04. The number of hydrogen-bond donors (Lipinski definition) is 0. The molecule has 10 heavy (non-hydrogen) atoms. The SMILES string of the molecule is CCSP(=O)(CCl)SCC. The molecule has 0 unspecified atom stereocenters. The van der Waals surface area contributed by atoms with Gasteiger partial charge in [0.1, 0.15) is 0 Å². The molecule has 62 valence electrons. The molecular formula is C5H12ClOPS2. The molecule has 0 aromatic rings. The molecule has 0 rings (SSSR count). The van der Waals surface area contributed by atoms with E-state index in [1.807, 2.05) is 13.8 Å². The van der Waals surface area contributed by atoms with Crippen LogP contribution in [0, 0.1) is 0 Å². The molecule has 0 bridgehead atoms. The monoisotopic (exact) mass is 218 g/mol. The maximum absolute atomic E-state index is 11.6. The molecule has 0 aliphatic heterocycles. The third-order valence-corrected chi connectivity index (χ3v) is 10.8. The highest BCUT2D eigenvalue weighted by molar-refractivity contribution is 8.90.